The molecule has 148 valence electrons. The molecule has 1 heteroatoms. The van der Waals surface area contributed by atoms with Crippen LogP contribution in [-0.4, -0.2) is 4.57 Å². The summed E-state index contributed by atoms with van der Waals surface area (Å²) >= 11 is 0. The lowest BCUT2D eigenvalue weighted by atomic mass is 10.00. The maximum atomic E-state index is 2.51. The van der Waals surface area contributed by atoms with Crippen LogP contribution in [-0.2, 0) is 12.8 Å². The predicted octanol–water partition coefficient (Wildman–Crippen LogP) is 7.64. The molecular formula is C29H27N. The number of aryl methyl sites for hydroxylation is 1. The molecule has 1 heterocycles. The maximum absolute atomic E-state index is 2.51. The normalized spacial score (nSPS) is 11.4. The average molecular weight is 390 g/mol. The minimum absolute atomic E-state index is 0.952. The van der Waals surface area contributed by atoms with E-state index in [2.05, 4.69) is 109 Å². The molecule has 0 aliphatic rings. The molecule has 0 saturated carbocycles. The van der Waals surface area contributed by atoms with Crippen molar-refractivity contribution in [3.8, 4) is 5.69 Å². The molecule has 1 aromatic heterocycles. The van der Waals surface area contributed by atoms with Crippen LogP contribution < -0.4 is 0 Å². The van der Waals surface area contributed by atoms with Crippen molar-refractivity contribution in [2.24, 2.45) is 0 Å². The van der Waals surface area contributed by atoms with Crippen molar-refractivity contribution in [3.63, 3.8) is 0 Å². The number of fused-ring (bicyclic) bond motifs is 2. The molecule has 0 unspecified atom stereocenters. The quantitative estimate of drug-likeness (QED) is 0.291. The largest absolute Gasteiger partial charge is 0.313 e. The van der Waals surface area contributed by atoms with Gasteiger partial charge in [-0.05, 0) is 47.9 Å². The first-order valence-electron chi connectivity index (χ1n) is 10.9. The van der Waals surface area contributed by atoms with Crippen molar-refractivity contribution < 1.29 is 0 Å². The zero-order chi connectivity index (χ0) is 20.5. The number of para-hydroxylation sites is 1. The van der Waals surface area contributed by atoms with Gasteiger partial charge < -0.3 is 4.57 Å². The van der Waals surface area contributed by atoms with Crippen LogP contribution in [0.1, 0.15) is 35.7 Å². The zero-order valence-electron chi connectivity index (χ0n) is 17.7. The zero-order valence-corrected chi connectivity index (χ0v) is 17.7. The van der Waals surface area contributed by atoms with Gasteiger partial charge >= 0.3 is 0 Å². The summed E-state index contributed by atoms with van der Waals surface area (Å²) in [5.41, 5.74) is 8.19. The van der Waals surface area contributed by atoms with E-state index in [1.807, 2.05) is 0 Å². The SMILES string of the molecule is CCCc1ccc2ccccc2c1-n1c(C)c(Cc2ccccc2)c2ccccc21. The Labute approximate surface area is 178 Å². The molecule has 0 aliphatic carbocycles. The third-order valence-corrected chi connectivity index (χ3v) is 6.19. The highest BCUT2D eigenvalue weighted by atomic mass is 15.0. The number of aromatic nitrogens is 1. The molecule has 0 spiro atoms. The van der Waals surface area contributed by atoms with Gasteiger partial charge in [0.05, 0.1) is 11.2 Å². The lowest BCUT2D eigenvalue weighted by Crippen LogP contribution is -2.04. The first kappa shape index (κ1) is 18.7. The second kappa shape index (κ2) is 7.84. The molecule has 0 amide bonds. The summed E-state index contributed by atoms with van der Waals surface area (Å²) in [5.74, 6) is 0. The Balaban J connectivity index is 1.83. The molecule has 0 aliphatic heterocycles. The first-order chi connectivity index (χ1) is 14.8. The molecule has 0 N–H and O–H groups in total. The van der Waals surface area contributed by atoms with Crippen molar-refractivity contribution >= 4 is 21.7 Å². The lowest BCUT2D eigenvalue weighted by molar-refractivity contribution is 0.901. The Hall–Kier alpha value is -3.32. The second-order valence-corrected chi connectivity index (χ2v) is 8.12. The molecule has 4 aromatic carbocycles. The van der Waals surface area contributed by atoms with Crippen LogP contribution >= 0.6 is 0 Å². The van der Waals surface area contributed by atoms with E-state index >= 15 is 0 Å². The Kier molecular flexibility index (Phi) is 4.88. The monoisotopic (exact) mass is 389 g/mol. The summed E-state index contributed by atoms with van der Waals surface area (Å²) in [7, 11) is 0. The molecule has 0 radical (unpaired) electrons. The Bertz CT molecular complexity index is 1330. The van der Waals surface area contributed by atoms with E-state index in [4.69, 9.17) is 0 Å². The summed E-state index contributed by atoms with van der Waals surface area (Å²) in [4.78, 5) is 0. The number of hydrogen-bond acceptors (Lipinski definition) is 0. The van der Waals surface area contributed by atoms with Crippen molar-refractivity contribution in [2.45, 2.75) is 33.1 Å². The highest BCUT2D eigenvalue weighted by Gasteiger charge is 2.19. The molecule has 30 heavy (non-hydrogen) atoms. The number of rotatable bonds is 5. The lowest BCUT2D eigenvalue weighted by Gasteiger charge is -2.17. The standard InChI is InChI=1S/C29H27N/c1-3-11-24-19-18-23-14-7-8-15-25(23)29(24)30-21(2)27(20-22-12-5-4-6-13-22)26-16-9-10-17-28(26)30/h4-10,12-19H,3,11,20H2,1-2H3. The molecule has 0 saturated heterocycles. The van der Waals surface area contributed by atoms with E-state index in [0.717, 1.165) is 19.3 Å². The summed E-state index contributed by atoms with van der Waals surface area (Å²) in [6.45, 7) is 4.55. The van der Waals surface area contributed by atoms with Crippen LogP contribution in [0.3, 0.4) is 0 Å². The fourth-order valence-electron chi connectivity index (χ4n) is 4.78. The summed E-state index contributed by atoms with van der Waals surface area (Å²) in [6.07, 6.45) is 3.18. The molecule has 0 atom stereocenters. The Morgan fingerprint density at radius 2 is 1.40 bits per heavy atom. The topological polar surface area (TPSA) is 4.93 Å². The van der Waals surface area contributed by atoms with E-state index in [9.17, 15) is 0 Å². The van der Waals surface area contributed by atoms with E-state index in [1.54, 1.807) is 0 Å². The molecule has 1 nitrogen and oxygen atoms in total. The van der Waals surface area contributed by atoms with Crippen LogP contribution in [0.2, 0.25) is 0 Å². The van der Waals surface area contributed by atoms with Gasteiger partial charge in [-0.3, -0.25) is 0 Å². The predicted molar refractivity (Wildman–Crippen MR) is 129 cm³/mol. The fourth-order valence-corrected chi connectivity index (χ4v) is 4.78. The maximum Gasteiger partial charge on any atom is 0.0569 e. The molecule has 0 bridgehead atoms. The number of hydrogen-bond donors (Lipinski definition) is 0. The van der Waals surface area contributed by atoms with Crippen LogP contribution in [0.15, 0.2) is 91.0 Å². The molecule has 5 aromatic rings. The van der Waals surface area contributed by atoms with Gasteiger partial charge in [0.25, 0.3) is 0 Å². The third-order valence-electron chi connectivity index (χ3n) is 6.19. The van der Waals surface area contributed by atoms with Gasteiger partial charge in [-0.2, -0.15) is 0 Å². The summed E-state index contributed by atoms with van der Waals surface area (Å²) in [5, 5.41) is 3.99. The third kappa shape index (κ3) is 3.11. The van der Waals surface area contributed by atoms with Crippen molar-refractivity contribution in [3.05, 3.63) is 113 Å². The minimum Gasteiger partial charge on any atom is -0.313 e. The fraction of sp³-hybridized carbons (Fsp3) is 0.172. The van der Waals surface area contributed by atoms with Crippen molar-refractivity contribution in [2.75, 3.05) is 0 Å². The summed E-state index contributed by atoms with van der Waals surface area (Å²) in [6, 6.07) is 33.1. The molecule has 5 rings (SSSR count). The Morgan fingerprint density at radius 3 is 2.20 bits per heavy atom. The van der Waals surface area contributed by atoms with Crippen LogP contribution in [0.25, 0.3) is 27.4 Å². The van der Waals surface area contributed by atoms with Gasteiger partial charge in [0.2, 0.25) is 0 Å². The number of benzene rings is 4. The summed E-state index contributed by atoms with van der Waals surface area (Å²) < 4.78 is 2.51. The van der Waals surface area contributed by atoms with Gasteiger partial charge in [-0.25, -0.2) is 0 Å². The van der Waals surface area contributed by atoms with Gasteiger partial charge in [0.1, 0.15) is 0 Å². The smallest absolute Gasteiger partial charge is 0.0569 e. The van der Waals surface area contributed by atoms with Gasteiger partial charge in [0, 0.05) is 16.5 Å². The van der Waals surface area contributed by atoms with Crippen LogP contribution in [0.4, 0.5) is 0 Å². The van der Waals surface area contributed by atoms with Crippen molar-refractivity contribution in [1.82, 2.24) is 4.57 Å². The van der Waals surface area contributed by atoms with Gasteiger partial charge in [-0.15, -0.1) is 0 Å². The highest BCUT2D eigenvalue weighted by molar-refractivity contribution is 5.96. The first-order valence-corrected chi connectivity index (χ1v) is 10.9. The minimum atomic E-state index is 0.952. The average Bonchev–Trinajstić information content (AvgIpc) is 3.06. The van der Waals surface area contributed by atoms with E-state index in [0.29, 0.717) is 0 Å². The van der Waals surface area contributed by atoms with E-state index in [1.165, 1.54) is 49.7 Å². The second-order valence-electron chi connectivity index (χ2n) is 8.12. The van der Waals surface area contributed by atoms with Gasteiger partial charge in [0.15, 0.2) is 0 Å². The van der Waals surface area contributed by atoms with Gasteiger partial charge in [-0.1, -0.05) is 98.3 Å². The highest BCUT2D eigenvalue weighted by Crippen LogP contribution is 2.35. The van der Waals surface area contributed by atoms with Crippen molar-refractivity contribution in [1.29, 1.82) is 0 Å². The number of nitrogens with zero attached hydrogens (tertiary/aromatic N) is 1. The van der Waals surface area contributed by atoms with E-state index in [-0.39, 0.29) is 0 Å². The van der Waals surface area contributed by atoms with Crippen LogP contribution in [0.5, 0.6) is 0 Å². The van der Waals surface area contributed by atoms with E-state index < -0.39 is 0 Å². The Morgan fingerprint density at radius 1 is 0.700 bits per heavy atom. The van der Waals surface area contributed by atoms with Crippen LogP contribution in [0, 0.1) is 6.92 Å². The molecular weight excluding hydrogens is 362 g/mol. The molecule has 0 fully saturated rings.